The van der Waals surface area contributed by atoms with Crippen molar-refractivity contribution >= 4 is 5.91 Å². The van der Waals surface area contributed by atoms with Gasteiger partial charge in [0.15, 0.2) is 0 Å². The Morgan fingerprint density at radius 2 is 1.62 bits per heavy atom. The van der Waals surface area contributed by atoms with E-state index in [9.17, 15) is 4.79 Å². The molecule has 0 radical (unpaired) electrons. The minimum absolute atomic E-state index is 0.0283. The molecule has 0 aromatic heterocycles. The lowest BCUT2D eigenvalue weighted by molar-refractivity contribution is -0.121. The van der Waals surface area contributed by atoms with Crippen LogP contribution >= 0.6 is 0 Å². The van der Waals surface area contributed by atoms with Crippen LogP contribution in [-0.4, -0.2) is 5.91 Å². The number of rotatable bonds is 4. The fourth-order valence-electron chi connectivity index (χ4n) is 2.60. The first-order valence-corrected chi connectivity index (χ1v) is 7.38. The molecule has 0 saturated carbocycles. The van der Waals surface area contributed by atoms with Gasteiger partial charge in [-0.1, -0.05) is 42.5 Å². The van der Waals surface area contributed by atoms with Gasteiger partial charge >= 0.3 is 0 Å². The summed E-state index contributed by atoms with van der Waals surface area (Å²) in [6, 6.07) is 14.2. The zero-order valence-corrected chi connectivity index (χ0v) is 13.2. The van der Waals surface area contributed by atoms with Gasteiger partial charge in [0.1, 0.15) is 0 Å². The monoisotopic (exact) mass is 281 g/mol. The van der Waals surface area contributed by atoms with Crippen LogP contribution < -0.4 is 5.32 Å². The van der Waals surface area contributed by atoms with Gasteiger partial charge in [0.25, 0.3) is 0 Å². The highest BCUT2D eigenvalue weighted by Gasteiger charge is 2.13. The molecule has 21 heavy (non-hydrogen) atoms. The van der Waals surface area contributed by atoms with E-state index in [2.05, 4.69) is 38.2 Å². The summed E-state index contributed by atoms with van der Waals surface area (Å²) < 4.78 is 0. The lowest BCUT2D eigenvalue weighted by Gasteiger charge is -2.18. The number of nitrogens with one attached hydrogen (secondary N) is 1. The number of carbonyl (C=O) groups is 1. The van der Waals surface area contributed by atoms with Crippen LogP contribution in [0.5, 0.6) is 0 Å². The number of benzene rings is 2. The molecule has 2 aromatic carbocycles. The molecule has 1 amide bonds. The van der Waals surface area contributed by atoms with Gasteiger partial charge in [-0.05, 0) is 55.5 Å². The van der Waals surface area contributed by atoms with Crippen molar-refractivity contribution in [2.24, 2.45) is 0 Å². The molecule has 0 aliphatic heterocycles. The standard InChI is InChI=1S/C19H23NO/c1-13-10-15(3)18(11-14(13)2)16(4)20-19(21)12-17-8-6-5-7-9-17/h5-11,16H,12H2,1-4H3,(H,20,21). The topological polar surface area (TPSA) is 29.1 Å². The van der Waals surface area contributed by atoms with Gasteiger partial charge in [-0.15, -0.1) is 0 Å². The molecule has 2 aromatic rings. The molecule has 0 fully saturated rings. The first-order chi connectivity index (χ1) is 9.97. The summed E-state index contributed by atoms with van der Waals surface area (Å²) >= 11 is 0. The third-order valence-corrected chi connectivity index (χ3v) is 3.93. The van der Waals surface area contributed by atoms with Crippen LogP contribution in [0.1, 0.15) is 40.8 Å². The molecule has 0 heterocycles. The minimum Gasteiger partial charge on any atom is -0.349 e. The number of hydrogen-bond acceptors (Lipinski definition) is 1. The molecular weight excluding hydrogens is 258 g/mol. The molecule has 0 spiro atoms. The number of hydrogen-bond donors (Lipinski definition) is 1. The summed E-state index contributed by atoms with van der Waals surface area (Å²) in [4.78, 5) is 12.1. The van der Waals surface area contributed by atoms with E-state index in [1.165, 1.54) is 22.3 Å². The lowest BCUT2D eigenvalue weighted by Crippen LogP contribution is -2.28. The molecule has 2 heteroatoms. The van der Waals surface area contributed by atoms with Gasteiger partial charge in [0.05, 0.1) is 12.5 Å². The molecule has 2 rings (SSSR count). The van der Waals surface area contributed by atoms with Crippen molar-refractivity contribution in [2.75, 3.05) is 0 Å². The van der Waals surface area contributed by atoms with Gasteiger partial charge < -0.3 is 5.32 Å². The quantitative estimate of drug-likeness (QED) is 0.900. The number of carbonyl (C=O) groups excluding carboxylic acids is 1. The molecular formula is C19H23NO. The first-order valence-electron chi connectivity index (χ1n) is 7.38. The van der Waals surface area contributed by atoms with Crippen molar-refractivity contribution in [3.05, 3.63) is 70.3 Å². The molecule has 0 saturated heterocycles. The van der Waals surface area contributed by atoms with Gasteiger partial charge in [-0.3, -0.25) is 4.79 Å². The fourth-order valence-corrected chi connectivity index (χ4v) is 2.60. The highest BCUT2D eigenvalue weighted by Crippen LogP contribution is 2.21. The fraction of sp³-hybridized carbons (Fsp3) is 0.316. The Morgan fingerprint density at radius 3 is 2.29 bits per heavy atom. The molecule has 2 nitrogen and oxygen atoms in total. The normalized spacial score (nSPS) is 12.0. The van der Waals surface area contributed by atoms with Crippen molar-refractivity contribution in [1.29, 1.82) is 0 Å². The van der Waals surface area contributed by atoms with Crippen molar-refractivity contribution < 1.29 is 4.79 Å². The zero-order valence-electron chi connectivity index (χ0n) is 13.2. The second-order valence-electron chi connectivity index (χ2n) is 5.74. The number of amides is 1. The van der Waals surface area contributed by atoms with E-state index in [0.29, 0.717) is 6.42 Å². The van der Waals surface area contributed by atoms with Crippen LogP contribution in [-0.2, 0) is 11.2 Å². The highest BCUT2D eigenvalue weighted by atomic mass is 16.1. The van der Waals surface area contributed by atoms with Gasteiger partial charge in [-0.2, -0.15) is 0 Å². The van der Waals surface area contributed by atoms with E-state index in [4.69, 9.17) is 0 Å². The Morgan fingerprint density at radius 1 is 1.00 bits per heavy atom. The predicted octanol–water partition coefficient (Wildman–Crippen LogP) is 4.03. The summed E-state index contributed by atoms with van der Waals surface area (Å²) in [5, 5.41) is 3.09. The van der Waals surface area contributed by atoms with Gasteiger partial charge in [0.2, 0.25) is 5.91 Å². The third-order valence-electron chi connectivity index (χ3n) is 3.93. The van der Waals surface area contributed by atoms with Crippen LogP contribution in [0.2, 0.25) is 0 Å². The van der Waals surface area contributed by atoms with E-state index in [-0.39, 0.29) is 11.9 Å². The molecule has 1 N–H and O–H groups in total. The molecule has 0 bridgehead atoms. The molecule has 110 valence electrons. The third kappa shape index (κ3) is 3.94. The average molecular weight is 281 g/mol. The first kappa shape index (κ1) is 15.3. The maximum absolute atomic E-state index is 12.1. The Balaban J connectivity index is 2.06. The van der Waals surface area contributed by atoms with Crippen LogP contribution in [0.4, 0.5) is 0 Å². The maximum Gasteiger partial charge on any atom is 0.224 e. The summed E-state index contributed by atoms with van der Waals surface area (Å²) in [6.45, 7) is 8.36. The Hall–Kier alpha value is -2.09. The van der Waals surface area contributed by atoms with Crippen LogP contribution in [0.15, 0.2) is 42.5 Å². The second kappa shape index (κ2) is 6.57. The van der Waals surface area contributed by atoms with E-state index in [1.54, 1.807) is 0 Å². The molecule has 0 aliphatic carbocycles. The average Bonchev–Trinajstić information content (AvgIpc) is 2.43. The second-order valence-corrected chi connectivity index (χ2v) is 5.74. The van der Waals surface area contributed by atoms with Crippen LogP contribution in [0.3, 0.4) is 0 Å². The van der Waals surface area contributed by atoms with E-state index in [1.807, 2.05) is 37.3 Å². The van der Waals surface area contributed by atoms with E-state index in [0.717, 1.165) is 5.56 Å². The Bertz CT molecular complexity index is 632. The number of aryl methyl sites for hydroxylation is 3. The summed E-state index contributed by atoms with van der Waals surface area (Å²) in [5.74, 6) is 0.0614. The zero-order chi connectivity index (χ0) is 15.4. The largest absolute Gasteiger partial charge is 0.349 e. The van der Waals surface area contributed by atoms with Crippen molar-refractivity contribution in [3.8, 4) is 0 Å². The van der Waals surface area contributed by atoms with Crippen molar-refractivity contribution in [2.45, 2.75) is 40.2 Å². The summed E-state index contributed by atoms with van der Waals surface area (Å²) in [5.41, 5.74) is 6.02. The molecule has 1 atom stereocenters. The predicted molar refractivity (Wildman–Crippen MR) is 87.4 cm³/mol. The highest BCUT2D eigenvalue weighted by molar-refractivity contribution is 5.79. The smallest absolute Gasteiger partial charge is 0.224 e. The molecule has 0 aliphatic rings. The van der Waals surface area contributed by atoms with Crippen molar-refractivity contribution in [3.63, 3.8) is 0 Å². The minimum atomic E-state index is 0.0283. The van der Waals surface area contributed by atoms with Crippen molar-refractivity contribution in [1.82, 2.24) is 5.32 Å². The Labute approximate surface area is 127 Å². The van der Waals surface area contributed by atoms with Gasteiger partial charge in [0, 0.05) is 0 Å². The van der Waals surface area contributed by atoms with E-state index >= 15 is 0 Å². The lowest BCUT2D eigenvalue weighted by atomic mass is 9.96. The van der Waals surface area contributed by atoms with Crippen LogP contribution in [0.25, 0.3) is 0 Å². The van der Waals surface area contributed by atoms with Gasteiger partial charge in [-0.25, -0.2) is 0 Å². The summed E-state index contributed by atoms with van der Waals surface area (Å²) in [7, 11) is 0. The SMILES string of the molecule is Cc1cc(C)c(C(C)NC(=O)Cc2ccccc2)cc1C. The van der Waals surface area contributed by atoms with E-state index < -0.39 is 0 Å². The maximum atomic E-state index is 12.1. The molecule has 1 unspecified atom stereocenters. The van der Waals surface area contributed by atoms with Crippen LogP contribution in [0, 0.1) is 20.8 Å². The Kier molecular flexibility index (Phi) is 4.79. The summed E-state index contributed by atoms with van der Waals surface area (Å²) in [6.07, 6.45) is 0.426.